The molecule has 0 spiro atoms. The van der Waals surface area contributed by atoms with Gasteiger partial charge in [-0.15, -0.1) is 6.58 Å². The van der Waals surface area contributed by atoms with Crippen LogP contribution in [0, 0.1) is 11.8 Å². The van der Waals surface area contributed by atoms with Crippen LogP contribution in [0.1, 0.15) is 118 Å². The van der Waals surface area contributed by atoms with E-state index in [1.807, 2.05) is 27.7 Å². The Balaban J connectivity index is 2.19. The number of hydrazine groups is 1. The lowest BCUT2D eigenvalue weighted by molar-refractivity contribution is -0.138. The lowest BCUT2D eigenvalue weighted by Crippen LogP contribution is -2.59. The molecular formula is C45H71N9O10. The van der Waals surface area contributed by atoms with Gasteiger partial charge in [0.05, 0.1) is 6.54 Å². The summed E-state index contributed by atoms with van der Waals surface area (Å²) in [5.41, 5.74) is 5.33. The molecule has 5 atom stereocenters. The maximum atomic E-state index is 14.0. The Bertz CT molecular complexity index is 1750. The second kappa shape index (κ2) is 28.6. The minimum atomic E-state index is -1.27. The van der Waals surface area contributed by atoms with Crippen LogP contribution in [0.15, 0.2) is 36.9 Å². The number of aromatic hydroxyl groups is 1. The normalized spacial score (nSPS) is 15.2. The van der Waals surface area contributed by atoms with Crippen LogP contribution in [0.5, 0.6) is 5.75 Å². The summed E-state index contributed by atoms with van der Waals surface area (Å²) < 4.78 is 0. The predicted molar refractivity (Wildman–Crippen MR) is 239 cm³/mol. The standard InChI is InChI=1S/C45H71N9O10/c1-8-9-11-15-34(48-40(59)27-47-41(60)35(24-28(2)3)51-45(64)38-16-14-23-54(38)31(7)56)42(61)50-37(26-32-18-20-33(57)21-19-32)43(62)49-36(25-29(4)5)44(63)53-52-39(58)17-12-10-13-22-46-30(6)55/h8,18-21,28-29,34-38,57H,1,9-17,22-27H2,2-7H3,(H,46,55)(H,47,60)(H,48,59)(H,49,62)(H,50,61)(H,51,64)(H,52,58)(H,53,63)/t34-,35-,36-,37-,38-/m0/s1. The predicted octanol–water partition coefficient (Wildman–Crippen LogP) is 1.29. The highest BCUT2D eigenvalue weighted by molar-refractivity contribution is 5.96. The number of carbonyl (C=O) groups is 9. The lowest BCUT2D eigenvalue weighted by Gasteiger charge is -2.27. The van der Waals surface area contributed by atoms with E-state index < -0.39 is 78.1 Å². The molecule has 1 saturated heterocycles. The molecule has 1 fully saturated rings. The fourth-order valence-corrected chi connectivity index (χ4v) is 7.12. The van der Waals surface area contributed by atoms with Gasteiger partial charge in [-0.3, -0.25) is 54.0 Å². The summed E-state index contributed by atoms with van der Waals surface area (Å²) in [6, 6.07) is 0.748. The second-order valence-corrected chi connectivity index (χ2v) is 17.1. The first-order valence-corrected chi connectivity index (χ1v) is 22.3. The molecule has 1 heterocycles. The van der Waals surface area contributed by atoms with Crippen LogP contribution < -0.4 is 42.8 Å². The molecule has 0 saturated carbocycles. The van der Waals surface area contributed by atoms with E-state index in [1.54, 1.807) is 18.2 Å². The number of phenols is 1. The Kier molecular flexibility index (Phi) is 24.2. The number of amides is 9. The summed E-state index contributed by atoms with van der Waals surface area (Å²) in [6.07, 6.45) is 6.26. The number of unbranched alkanes of at least 4 members (excludes halogenated alkanes) is 3. The minimum Gasteiger partial charge on any atom is -0.508 e. The van der Waals surface area contributed by atoms with E-state index in [0.29, 0.717) is 63.6 Å². The highest BCUT2D eigenvalue weighted by Crippen LogP contribution is 2.18. The van der Waals surface area contributed by atoms with Gasteiger partial charge >= 0.3 is 0 Å². The van der Waals surface area contributed by atoms with Gasteiger partial charge in [0.1, 0.15) is 36.0 Å². The molecule has 9 N–H and O–H groups in total. The van der Waals surface area contributed by atoms with Gasteiger partial charge in [0, 0.05) is 39.8 Å². The quantitative estimate of drug-likeness (QED) is 0.0347. The third kappa shape index (κ3) is 20.9. The fourth-order valence-electron chi connectivity index (χ4n) is 7.12. The van der Waals surface area contributed by atoms with Crippen molar-refractivity contribution in [2.75, 3.05) is 19.6 Å². The molecule has 64 heavy (non-hydrogen) atoms. The molecule has 19 nitrogen and oxygen atoms in total. The molecule has 356 valence electrons. The molecule has 0 radical (unpaired) electrons. The SMILES string of the molecule is C=CCCC[C@H](NC(=O)CNC(=O)[C@H](CC(C)C)NC(=O)[C@@H]1CCCN1C(C)=O)C(=O)N[C@@H](Cc1ccc(O)cc1)C(=O)N[C@@H](CC(C)C)C(=O)NNC(=O)CCCCCNC(C)=O. The average Bonchev–Trinajstić information content (AvgIpc) is 3.73. The summed E-state index contributed by atoms with van der Waals surface area (Å²) >= 11 is 0. The number of benzene rings is 1. The molecule has 1 aliphatic heterocycles. The Morgan fingerprint density at radius 1 is 0.719 bits per heavy atom. The summed E-state index contributed by atoms with van der Waals surface area (Å²) in [6.45, 7) is 14.4. The molecule has 2 rings (SSSR count). The molecular weight excluding hydrogens is 827 g/mol. The number of rotatable bonds is 27. The zero-order valence-corrected chi connectivity index (χ0v) is 38.3. The van der Waals surface area contributed by atoms with Gasteiger partial charge in [0.15, 0.2) is 0 Å². The monoisotopic (exact) mass is 898 g/mol. The van der Waals surface area contributed by atoms with Gasteiger partial charge in [-0.05, 0) is 87.3 Å². The molecule has 0 bridgehead atoms. The smallest absolute Gasteiger partial charge is 0.260 e. The molecule has 0 aliphatic carbocycles. The van der Waals surface area contributed by atoms with Crippen LogP contribution in [-0.2, 0) is 49.6 Å². The van der Waals surface area contributed by atoms with E-state index in [-0.39, 0.29) is 61.5 Å². The van der Waals surface area contributed by atoms with Crippen LogP contribution in [-0.4, -0.2) is 113 Å². The number of hydrogen-bond donors (Lipinski definition) is 9. The van der Waals surface area contributed by atoms with E-state index in [0.717, 1.165) is 0 Å². The van der Waals surface area contributed by atoms with Crippen LogP contribution in [0.4, 0.5) is 0 Å². The lowest BCUT2D eigenvalue weighted by atomic mass is 10.0. The minimum absolute atomic E-state index is 0.00717. The first kappa shape index (κ1) is 54.1. The number of carbonyl (C=O) groups excluding carboxylic acids is 9. The third-order valence-electron chi connectivity index (χ3n) is 10.4. The van der Waals surface area contributed by atoms with Gasteiger partial charge in [0.25, 0.3) is 5.91 Å². The van der Waals surface area contributed by atoms with Gasteiger partial charge < -0.3 is 41.9 Å². The summed E-state index contributed by atoms with van der Waals surface area (Å²) in [5.74, 6) is -4.80. The molecule has 1 aliphatic rings. The van der Waals surface area contributed by atoms with Crippen molar-refractivity contribution in [1.82, 2.24) is 47.7 Å². The van der Waals surface area contributed by atoms with Crippen molar-refractivity contribution < 1.29 is 48.3 Å². The number of likely N-dealkylation sites (tertiary alicyclic amines) is 1. The van der Waals surface area contributed by atoms with Crippen molar-refractivity contribution in [1.29, 1.82) is 0 Å². The second-order valence-electron chi connectivity index (χ2n) is 17.1. The summed E-state index contributed by atoms with van der Waals surface area (Å²) in [5, 5.41) is 26.0. The Morgan fingerprint density at radius 3 is 1.95 bits per heavy atom. The van der Waals surface area contributed by atoms with E-state index >= 15 is 0 Å². The van der Waals surface area contributed by atoms with E-state index in [9.17, 15) is 48.3 Å². The Morgan fingerprint density at radius 2 is 1.34 bits per heavy atom. The van der Waals surface area contributed by atoms with Crippen LogP contribution in [0.25, 0.3) is 0 Å². The zero-order chi connectivity index (χ0) is 47.8. The highest BCUT2D eigenvalue weighted by atomic mass is 16.3. The van der Waals surface area contributed by atoms with E-state index in [1.165, 1.54) is 30.9 Å². The van der Waals surface area contributed by atoms with E-state index in [2.05, 4.69) is 49.3 Å². The zero-order valence-electron chi connectivity index (χ0n) is 38.3. The fraction of sp³-hybridized carbons (Fsp3) is 0.622. The first-order chi connectivity index (χ1) is 30.3. The van der Waals surface area contributed by atoms with Gasteiger partial charge in [-0.2, -0.15) is 0 Å². The third-order valence-corrected chi connectivity index (χ3v) is 10.4. The Hall–Kier alpha value is -6.01. The first-order valence-electron chi connectivity index (χ1n) is 22.3. The summed E-state index contributed by atoms with van der Waals surface area (Å²) in [4.78, 5) is 118. The van der Waals surface area contributed by atoms with Crippen molar-refractivity contribution >= 4 is 53.2 Å². The van der Waals surface area contributed by atoms with Crippen LogP contribution in [0.2, 0.25) is 0 Å². The average molecular weight is 898 g/mol. The van der Waals surface area contributed by atoms with Crippen molar-refractivity contribution in [2.45, 2.75) is 149 Å². The van der Waals surface area contributed by atoms with Crippen molar-refractivity contribution in [3.05, 3.63) is 42.5 Å². The van der Waals surface area contributed by atoms with Gasteiger partial charge in [0.2, 0.25) is 47.3 Å². The van der Waals surface area contributed by atoms with Gasteiger partial charge in [-0.1, -0.05) is 52.3 Å². The van der Waals surface area contributed by atoms with Crippen molar-refractivity contribution in [2.24, 2.45) is 11.8 Å². The van der Waals surface area contributed by atoms with E-state index in [4.69, 9.17) is 0 Å². The van der Waals surface area contributed by atoms with Crippen molar-refractivity contribution in [3.8, 4) is 5.75 Å². The largest absolute Gasteiger partial charge is 0.508 e. The molecule has 1 aromatic rings. The molecule has 1 aromatic carbocycles. The van der Waals surface area contributed by atoms with Crippen LogP contribution >= 0.6 is 0 Å². The number of hydrogen-bond acceptors (Lipinski definition) is 10. The van der Waals surface area contributed by atoms with Gasteiger partial charge in [-0.25, -0.2) is 0 Å². The molecule has 0 aromatic heterocycles. The highest BCUT2D eigenvalue weighted by Gasteiger charge is 2.35. The number of allylic oxidation sites excluding steroid dienone is 1. The maximum Gasteiger partial charge on any atom is 0.260 e. The maximum absolute atomic E-state index is 14.0. The topological polar surface area (TPSA) is 273 Å². The molecule has 19 heteroatoms. The molecule has 0 unspecified atom stereocenters. The number of nitrogens with one attached hydrogen (secondary N) is 8. The van der Waals surface area contributed by atoms with Crippen LogP contribution in [0.3, 0.4) is 0 Å². The summed E-state index contributed by atoms with van der Waals surface area (Å²) in [7, 11) is 0. The molecule has 9 amide bonds. The Labute approximate surface area is 376 Å². The van der Waals surface area contributed by atoms with Crippen molar-refractivity contribution in [3.63, 3.8) is 0 Å². The number of nitrogens with zero attached hydrogens (tertiary/aromatic N) is 1. The number of phenolic OH excluding ortho intramolecular Hbond substituents is 1.